The lowest BCUT2D eigenvalue weighted by Gasteiger charge is -2.46. The molecule has 0 fully saturated rings. The molecule has 2 aromatic carbocycles. The van der Waals surface area contributed by atoms with Gasteiger partial charge in [0.2, 0.25) is 0 Å². The van der Waals surface area contributed by atoms with Crippen molar-refractivity contribution in [2.75, 3.05) is 0 Å². The van der Waals surface area contributed by atoms with Gasteiger partial charge < -0.3 is 4.57 Å². The molecule has 0 radical (unpaired) electrons. The third-order valence-corrected chi connectivity index (χ3v) is 6.28. The summed E-state index contributed by atoms with van der Waals surface area (Å²) in [6.07, 6.45) is 0. The Morgan fingerprint density at radius 2 is 1.25 bits per heavy atom. The second-order valence-corrected chi connectivity index (χ2v) is 8.21. The fourth-order valence-corrected chi connectivity index (χ4v) is 5.44. The molecule has 0 atom stereocenters. The first-order valence-corrected chi connectivity index (χ1v) is 9.29. The Bertz CT molecular complexity index is 842. The van der Waals surface area contributed by atoms with Crippen molar-refractivity contribution < 1.29 is 0 Å². The Kier molecular flexibility index (Phi) is 4.23. The van der Waals surface area contributed by atoms with E-state index in [0.717, 1.165) is 0 Å². The molecule has 128 valence electrons. The lowest BCUT2D eigenvalue weighted by Crippen LogP contribution is -2.42. The van der Waals surface area contributed by atoms with Gasteiger partial charge in [-0.05, 0) is 41.5 Å². The van der Waals surface area contributed by atoms with Gasteiger partial charge in [-0.2, -0.15) is 0 Å². The molecule has 0 aliphatic carbocycles. The van der Waals surface area contributed by atoms with E-state index in [2.05, 4.69) is 95.6 Å². The third kappa shape index (κ3) is 2.21. The molecular weight excluding hydrogens is 290 g/mol. The maximum absolute atomic E-state index is 2.47. The summed E-state index contributed by atoms with van der Waals surface area (Å²) in [7, 11) is 2.17. The van der Waals surface area contributed by atoms with Gasteiger partial charge >= 0.3 is 0 Å². The van der Waals surface area contributed by atoms with Crippen LogP contribution in [0.25, 0.3) is 21.8 Å². The van der Waals surface area contributed by atoms with Crippen LogP contribution in [-0.4, -0.2) is 4.57 Å². The predicted octanol–water partition coefficient (Wildman–Crippen LogP) is 6.54. The van der Waals surface area contributed by atoms with Crippen LogP contribution in [0, 0.1) is 17.8 Å². The highest BCUT2D eigenvalue weighted by Gasteiger charge is 2.41. The quantitative estimate of drug-likeness (QED) is 0.514. The molecule has 0 aliphatic rings. The van der Waals surface area contributed by atoms with Crippen molar-refractivity contribution in [1.82, 2.24) is 4.57 Å². The third-order valence-electron chi connectivity index (χ3n) is 6.28. The highest BCUT2D eigenvalue weighted by atomic mass is 14.9. The van der Waals surface area contributed by atoms with Crippen LogP contribution in [0.2, 0.25) is 0 Å². The van der Waals surface area contributed by atoms with Gasteiger partial charge in [0.25, 0.3) is 0 Å². The van der Waals surface area contributed by atoms with Crippen LogP contribution < -0.4 is 0 Å². The lowest BCUT2D eigenvalue weighted by molar-refractivity contribution is 0.148. The normalized spacial score (nSPS) is 13.1. The van der Waals surface area contributed by atoms with Crippen molar-refractivity contribution in [3.05, 3.63) is 48.0 Å². The number of benzene rings is 2. The summed E-state index contributed by atoms with van der Waals surface area (Å²) < 4.78 is 2.32. The smallest absolute Gasteiger partial charge is 0.0488 e. The molecule has 3 rings (SSSR count). The predicted molar refractivity (Wildman–Crippen MR) is 107 cm³/mol. The van der Waals surface area contributed by atoms with Gasteiger partial charge in [-0.1, -0.05) is 65.8 Å². The summed E-state index contributed by atoms with van der Waals surface area (Å²) in [6.45, 7) is 14.3. The van der Waals surface area contributed by atoms with Gasteiger partial charge in [0, 0.05) is 34.3 Å². The lowest BCUT2D eigenvalue weighted by atomic mass is 9.58. The molecule has 0 saturated heterocycles. The monoisotopic (exact) mass is 321 g/mol. The molecule has 3 aromatic rings. The first-order valence-electron chi connectivity index (χ1n) is 9.29. The van der Waals surface area contributed by atoms with E-state index in [0.29, 0.717) is 17.8 Å². The van der Waals surface area contributed by atoms with Gasteiger partial charge in [-0.25, -0.2) is 0 Å². The molecular formula is C23H31N. The zero-order valence-electron chi connectivity index (χ0n) is 16.2. The molecule has 1 aromatic heterocycles. The minimum Gasteiger partial charge on any atom is -0.344 e. The molecule has 0 amide bonds. The molecule has 0 saturated carbocycles. The van der Waals surface area contributed by atoms with E-state index in [9.17, 15) is 0 Å². The Labute approximate surface area is 146 Å². The van der Waals surface area contributed by atoms with Crippen LogP contribution in [0.5, 0.6) is 0 Å². The topological polar surface area (TPSA) is 4.93 Å². The summed E-state index contributed by atoms with van der Waals surface area (Å²) in [4.78, 5) is 0. The maximum atomic E-state index is 2.47. The molecule has 0 spiro atoms. The number of nitrogens with zero attached hydrogens (tertiary/aromatic N) is 1. The molecule has 1 heterocycles. The number of aromatic nitrogens is 1. The minimum atomic E-state index is 0.200. The summed E-state index contributed by atoms with van der Waals surface area (Å²) in [6, 6.07) is 15.9. The molecule has 1 nitrogen and oxygen atoms in total. The number of rotatable bonds is 4. The minimum absolute atomic E-state index is 0.200. The van der Waals surface area contributed by atoms with E-state index < -0.39 is 0 Å². The Morgan fingerprint density at radius 3 is 1.83 bits per heavy atom. The van der Waals surface area contributed by atoms with E-state index in [1.165, 1.54) is 27.4 Å². The summed E-state index contributed by atoms with van der Waals surface area (Å²) in [5.74, 6) is 1.81. The first kappa shape index (κ1) is 17.1. The molecule has 24 heavy (non-hydrogen) atoms. The number of fused-ring (bicyclic) bond motifs is 3. The zero-order chi connectivity index (χ0) is 17.6. The van der Waals surface area contributed by atoms with Crippen molar-refractivity contribution in [2.45, 2.75) is 47.0 Å². The second kappa shape index (κ2) is 5.95. The van der Waals surface area contributed by atoms with Crippen molar-refractivity contribution >= 4 is 21.8 Å². The summed E-state index contributed by atoms with van der Waals surface area (Å²) in [5.41, 5.74) is 4.33. The van der Waals surface area contributed by atoms with Crippen molar-refractivity contribution in [2.24, 2.45) is 24.8 Å². The average Bonchev–Trinajstić information content (AvgIpc) is 2.80. The highest BCUT2D eigenvalue weighted by Crippen LogP contribution is 2.46. The van der Waals surface area contributed by atoms with Crippen LogP contribution in [0.15, 0.2) is 42.5 Å². The SMILES string of the molecule is CC(C)C(c1ccc2c(c1)c1ccccc1n2C)(C(C)C)C(C)C. The second-order valence-electron chi connectivity index (χ2n) is 8.21. The Hall–Kier alpha value is -1.76. The van der Waals surface area contributed by atoms with Crippen molar-refractivity contribution in [1.29, 1.82) is 0 Å². The van der Waals surface area contributed by atoms with Gasteiger partial charge in [-0.3, -0.25) is 0 Å². The number of hydrogen-bond donors (Lipinski definition) is 0. The molecule has 0 N–H and O–H groups in total. The summed E-state index contributed by atoms with van der Waals surface area (Å²) in [5, 5.41) is 2.75. The molecule has 0 bridgehead atoms. The highest BCUT2D eigenvalue weighted by molar-refractivity contribution is 6.08. The zero-order valence-corrected chi connectivity index (χ0v) is 16.2. The van der Waals surface area contributed by atoms with E-state index in [1.54, 1.807) is 0 Å². The van der Waals surface area contributed by atoms with Gasteiger partial charge in [0.05, 0.1) is 0 Å². The van der Waals surface area contributed by atoms with Crippen LogP contribution in [0.4, 0.5) is 0 Å². The van der Waals surface area contributed by atoms with Crippen LogP contribution in [-0.2, 0) is 12.5 Å². The van der Waals surface area contributed by atoms with Gasteiger partial charge in [0.15, 0.2) is 0 Å². The van der Waals surface area contributed by atoms with E-state index >= 15 is 0 Å². The average molecular weight is 322 g/mol. The largest absolute Gasteiger partial charge is 0.344 e. The van der Waals surface area contributed by atoms with Crippen molar-refractivity contribution in [3.8, 4) is 0 Å². The first-order chi connectivity index (χ1) is 11.3. The number of aryl methyl sites for hydroxylation is 1. The van der Waals surface area contributed by atoms with Crippen LogP contribution in [0.3, 0.4) is 0 Å². The number of hydrogen-bond acceptors (Lipinski definition) is 0. The summed E-state index contributed by atoms with van der Waals surface area (Å²) >= 11 is 0. The number of para-hydroxylation sites is 1. The standard InChI is InChI=1S/C23H31N/c1-15(2)23(16(3)4,17(5)6)18-12-13-22-20(14-18)19-10-8-9-11-21(19)24(22)7/h8-17H,1-7H3. The fourth-order valence-electron chi connectivity index (χ4n) is 5.44. The van der Waals surface area contributed by atoms with Gasteiger partial charge in [-0.15, -0.1) is 0 Å². The molecule has 0 unspecified atom stereocenters. The van der Waals surface area contributed by atoms with Crippen LogP contribution in [0.1, 0.15) is 47.1 Å². The van der Waals surface area contributed by atoms with Crippen molar-refractivity contribution in [3.63, 3.8) is 0 Å². The van der Waals surface area contributed by atoms with E-state index in [-0.39, 0.29) is 5.41 Å². The van der Waals surface area contributed by atoms with Crippen LogP contribution >= 0.6 is 0 Å². The van der Waals surface area contributed by atoms with E-state index in [1.807, 2.05) is 0 Å². The fraction of sp³-hybridized carbons (Fsp3) is 0.478. The maximum Gasteiger partial charge on any atom is 0.0488 e. The Morgan fingerprint density at radius 1 is 0.708 bits per heavy atom. The molecule has 0 aliphatic heterocycles. The van der Waals surface area contributed by atoms with Gasteiger partial charge in [0.1, 0.15) is 0 Å². The van der Waals surface area contributed by atoms with E-state index in [4.69, 9.17) is 0 Å². The molecule has 1 heteroatoms. The Balaban J connectivity index is 2.36.